The summed E-state index contributed by atoms with van der Waals surface area (Å²) in [6.45, 7) is 9.73. The first kappa shape index (κ1) is 27.6. The van der Waals surface area contributed by atoms with E-state index in [1.165, 1.54) is 31.1 Å². The van der Waals surface area contributed by atoms with E-state index in [2.05, 4.69) is 32.9 Å². The van der Waals surface area contributed by atoms with Crippen LogP contribution >= 0.6 is 0 Å². The largest absolute Gasteiger partial charge is 0.462 e. The monoisotopic (exact) mass is 535 g/mol. The molecule has 2 fully saturated rings. The van der Waals surface area contributed by atoms with Crippen LogP contribution in [0.3, 0.4) is 0 Å². The number of nitro groups is 1. The predicted octanol–water partition coefficient (Wildman–Crippen LogP) is 7.27. The molecular formula is C32H41NO6. The number of nitro benzene ring substituents is 1. The zero-order valence-electron chi connectivity index (χ0n) is 23.8. The lowest BCUT2D eigenvalue weighted by Gasteiger charge is -2.58. The third-order valence-corrected chi connectivity index (χ3v) is 10.7. The summed E-state index contributed by atoms with van der Waals surface area (Å²) in [7, 11) is 0. The highest BCUT2D eigenvalue weighted by Crippen LogP contribution is 2.66. The number of esters is 2. The summed E-state index contributed by atoms with van der Waals surface area (Å²) in [5, 5.41) is 11.8. The summed E-state index contributed by atoms with van der Waals surface area (Å²) in [5.74, 6) is 0.830. The van der Waals surface area contributed by atoms with Crippen molar-refractivity contribution >= 4 is 17.6 Å². The van der Waals surface area contributed by atoms with E-state index in [1.54, 1.807) is 18.2 Å². The lowest BCUT2D eigenvalue weighted by molar-refractivity contribution is -0.386. The van der Waals surface area contributed by atoms with Gasteiger partial charge in [-0.1, -0.05) is 56.2 Å². The molecule has 0 amide bonds. The fourth-order valence-corrected chi connectivity index (χ4v) is 8.94. The van der Waals surface area contributed by atoms with Gasteiger partial charge in [-0.2, -0.15) is 0 Å². The van der Waals surface area contributed by atoms with Crippen LogP contribution in [0, 0.1) is 44.6 Å². The quantitative estimate of drug-likeness (QED) is 0.165. The lowest BCUT2D eigenvalue weighted by Crippen LogP contribution is -2.50. The molecule has 0 heterocycles. The molecule has 1 aromatic rings. The topological polar surface area (TPSA) is 95.7 Å². The molecule has 7 nitrogen and oxygen atoms in total. The van der Waals surface area contributed by atoms with Gasteiger partial charge >= 0.3 is 11.9 Å². The number of hydrogen-bond acceptors (Lipinski definition) is 6. The molecule has 2 saturated carbocycles. The van der Waals surface area contributed by atoms with E-state index in [4.69, 9.17) is 9.47 Å². The number of carbonyl (C=O) groups excluding carboxylic acids is 2. The minimum absolute atomic E-state index is 0.00640. The molecule has 0 spiro atoms. The Hall–Kier alpha value is -2.96. The maximum Gasteiger partial charge on any atom is 0.303 e. The summed E-state index contributed by atoms with van der Waals surface area (Å²) in [6.07, 6.45) is 11.1. The third kappa shape index (κ3) is 4.72. The van der Waals surface area contributed by atoms with Crippen molar-refractivity contribution in [1.29, 1.82) is 0 Å². The average molecular weight is 536 g/mol. The van der Waals surface area contributed by atoms with E-state index in [0.717, 1.165) is 44.9 Å². The average Bonchev–Trinajstić information content (AvgIpc) is 3.24. The SMILES string of the molecule is CC(=O)O[C@H]1CC[C@@]2(C)C(=CC[C@@H]3[C@@H]2CC[C@]2(C)C([C@H](C)[C@H](OC(C)=O)c4ccccc4[N+](=O)[O-])=CC[C@@H]32)C1. The minimum atomic E-state index is -0.712. The molecule has 0 radical (unpaired) electrons. The van der Waals surface area contributed by atoms with Crippen molar-refractivity contribution in [3.8, 4) is 0 Å². The Balaban J connectivity index is 1.41. The molecule has 1 aromatic carbocycles. The van der Waals surface area contributed by atoms with Crippen LogP contribution in [0.25, 0.3) is 0 Å². The van der Waals surface area contributed by atoms with Crippen LogP contribution in [-0.2, 0) is 19.1 Å². The van der Waals surface area contributed by atoms with Crippen molar-refractivity contribution in [3.63, 3.8) is 0 Å². The summed E-state index contributed by atoms with van der Waals surface area (Å²) >= 11 is 0. The van der Waals surface area contributed by atoms with Crippen LogP contribution in [0.1, 0.15) is 91.2 Å². The number of ether oxygens (including phenoxy) is 2. The fourth-order valence-electron chi connectivity index (χ4n) is 8.94. The zero-order chi connectivity index (χ0) is 28.1. The Kier molecular flexibility index (Phi) is 7.23. The molecule has 0 aromatic heterocycles. The van der Waals surface area contributed by atoms with Gasteiger partial charge in [-0.3, -0.25) is 19.7 Å². The second kappa shape index (κ2) is 10.2. The summed E-state index contributed by atoms with van der Waals surface area (Å²) in [4.78, 5) is 35.2. The van der Waals surface area contributed by atoms with Crippen molar-refractivity contribution in [2.24, 2.45) is 34.5 Å². The smallest absolute Gasteiger partial charge is 0.303 e. The molecule has 0 unspecified atom stereocenters. The van der Waals surface area contributed by atoms with Crippen LogP contribution in [0.5, 0.6) is 0 Å². The Morgan fingerprint density at radius 3 is 2.41 bits per heavy atom. The van der Waals surface area contributed by atoms with Gasteiger partial charge < -0.3 is 9.47 Å². The first-order chi connectivity index (χ1) is 18.5. The molecule has 39 heavy (non-hydrogen) atoms. The number of rotatable bonds is 6. The maximum atomic E-state index is 12.2. The van der Waals surface area contributed by atoms with Crippen LogP contribution < -0.4 is 0 Å². The van der Waals surface area contributed by atoms with Crippen LogP contribution in [0.4, 0.5) is 5.69 Å². The molecular weight excluding hydrogens is 494 g/mol. The number of fused-ring (bicyclic) bond motifs is 5. The van der Waals surface area contributed by atoms with Crippen LogP contribution in [0.2, 0.25) is 0 Å². The van der Waals surface area contributed by atoms with Crippen molar-refractivity contribution in [1.82, 2.24) is 0 Å². The van der Waals surface area contributed by atoms with Gasteiger partial charge in [-0.15, -0.1) is 0 Å². The number of nitrogens with zero attached hydrogens (tertiary/aromatic N) is 1. The van der Waals surface area contributed by atoms with Crippen molar-refractivity contribution in [2.75, 3.05) is 0 Å². The summed E-state index contributed by atoms with van der Waals surface area (Å²) in [5.41, 5.74) is 3.28. The summed E-state index contributed by atoms with van der Waals surface area (Å²) in [6, 6.07) is 6.62. The molecule has 0 aliphatic heterocycles. The number of carbonyl (C=O) groups is 2. The highest BCUT2D eigenvalue weighted by atomic mass is 16.6. The Morgan fingerprint density at radius 2 is 1.72 bits per heavy atom. The van der Waals surface area contributed by atoms with Crippen molar-refractivity contribution in [3.05, 3.63) is 63.2 Å². The normalized spacial score (nSPS) is 34.8. The molecule has 0 saturated heterocycles. The molecule has 210 valence electrons. The van der Waals surface area contributed by atoms with Gasteiger partial charge in [0, 0.05) is 32.3 Å². The number of benzene rings is 1. The number of hydrogen-bond donors (Lipinski definition) is 0. The molecule has 4 aliphatic rings. The predicted molar refractivity (Wildman–Crippen MR) is 147 cm³/mol. The van der Waals surface area contributed by atoms with E-state index in [1.807, 2.05) is 0 Å². The summed E-state index contributed by atoms with van der Waals surface area (Å²) < 4.78 is 11.4. The second-order valence-electron chi connectivity index (χ2n) is 12.7. The number of allylic oxidation sites excluding steroid dienone is 2. The van der Waals surface area contributed by atoms with Crippen LogP contribution in [0.15, 0.2) is 47.6 Å². The van der Waals surface area contributed by atoms with Gasteiger partial charge in [0.05, 0.1) is 10.5 Å². The van der Waals surface area contributed by atoms with Gasteiger partial charge in [0.15, 0.2) is 0 Å². The molecule has 0 N–H and O–H groups in total. The molecule has 8 atom stereocenters. The Morgan fingerprint density at radius 1 is 1.00 bits per heavy atom. The fraction of sp³-hybridized carbons (Fsp3) is 0.625. The first-order valence-electron chi connectivity index (χ1n) is 14.4. The molecule has 5 rings (SSSR count). The van der Waals surface area contributed by atoms with E-state index in [-0.39, 0.29) is 39.4 Å². The van der Waals surface area contributed by atoms with E-state index < -0.39 is 12.1 Å². The Labute approximate surface area is 231 Å². The van der Waals surface area contributed by atoms with Gasteiger partial charge in [-0.25, -0.2) is 0 Å². The van der Waals surface area contributed by atoms with Gasteiger partial charge in [0.25, 0.3) is 5.69 Å². The lowest BCUT2D eigenvalue weighted by atomic mass is 9.47. The zero-order valence-corrected chi connectivity index (χ0v) is 23.8. The number of para-hydroxylation sites is 1. The van der Waals surface area contributed by atoms with Gasteiger partial charge in [0.1, 0.15) is 12.2 Å². The molecule has 7 heteroatoms. The van der Waals surface area contributed by atoms with E-state index in [0.29, 0.717) is 23.3 Å². The Bertz CT molecular complexity index is 1230. The van der Waals surface area contributed by atoms with Crippen molar-refractivity contribution in [2.45, 2.75) is 91.8 Å². The second-order valence-corrected chi connectivity index (χ2v) is 12.7. The van der Waals surface area contributed by atoms with E-state index >= 15 is 0 Å². The minimum Gasteiger partial charge on any atom is -0.462 e. The molecule has 0 bridgehead atoms. The van der Waals surface area contributed by atoms with Gasteiger partial charge in [-0.05, 0) is 73.2 Å². The molecule has 4 aliphatic carbocycles. The van der Waals surface area contributed by atoms with Crippen molar-refractivity contribution < 1.29 is 24.0 Å². The van der Waals surface area contributed by atoms with Crippen LogP contribution in [-0.4, -0.2) is 23.0 Å². The standard InChI is InChI=1S/C32H41NO6/c1-19(30(39-21(3)35)25-8-6-7-9-29(25)33(36)37)26-12-13-27-24-11-10-22-18-23(38-20(2)34)14-16-31(22,4)28(24)15-17-32(26,27)5/h6-10,12,19,23-24,27-28,30H,11,13-18H2,1-5H3/t19-,23-,24-,27-,28-,30-,31-,32+/m0/s1. The maximum absolute atomic E-state index is 12.2. The third-order valence-electron chi connectivity index (χ3n) is 10.7. The van der Waals surface area contributed by atoms with E-state index in [9.17, 15) is 19.7 Å². The highest BCUT2D eigenvalue weighted by Gasteiger charge is 2.58. The highest BCUT2D eigenvalue weighted by molar-refractivity contribution is 5.67. The van der Waals surface area contributed by atoms with Gasteiger partial charge in [0.2, 0.25) is 0 Å². The first-order valence-corrected chi connectivity index (χ1v) is 14.4.